The third-order valence-corrected chi connectivity index (χ3v) is 4.02. The summed E-state index contributed by atoms with van der Waals surface area (Å²) in [6.45, 7) is 6.10. The van der Waals surface area contributed by atoms with Crippen LogP contribution in [-0.2, 0) is 13.1 Å². The zero-order valence-electron chi connectivity index (χ0n) is 10.8. The Morgan fingerprint density at radius 1 is 0.944 bits per heavy atom. The number of rotatable bonds is 4. The zero-order chi connectivity index (χ0) is 13.0. The number of benzene rings is 2. The Hall–Kier alpha value is -1.12. The summed E-state index contributed by atoms with van der Waals surface area (Å²) in [5, 5.41) is 3.49. The zero-order valence-corrected chi connectivity index (χ0v) is 12.4. The number of hydrogen-bond acceptors (Lipinski definition) is 1. The van der Waals surface area contributed by atoms with Crippen LogP contribution >= 0.6 is 15.9 Å². The lowest BCUT2D eigenvalue weighted by atomic mass is 10.1. The molecule has 0 bridgehead atoms. The lowest BCUT2D eigenvalue weighted by Crippen LogP contribution is -2.13. The summed E-state index contributed by atoms with van der Waals surface area (Å²) < 4.78 is 1.17. The van der Waals surface area contributed by atoms with Crippen LogP contribution in [0.25, 0.3) is 0 Å². The molecule has 0 amide bonds. The van der Waals surface area contributed by atoms with Crippen LogP contribution in [0.15, 0.2) is 46.9 Å². The molecule has 0 radical (unpaired) electrons. The summed E-state index contributed by atoms with van der Waals surface area (Å²) in [6, 6.07) is 15.0. The van der Waals surface area contributed by atoms with E-state index in [9.17, 15) is 0 Å². The van der Waals surface area contributed by atoms with E-state index in [0.717, 1.165) is 13.1 Å². The minimum Gasteiger partial charge on any atom is -0.309 e. The smallest absolute Gasteiger partial charge is 0.0211 e. The molecule has 2 aromatic rings. The molecule has 2 rings (SSSR count). The molecular weight excluding hydrogens is 286 g/mol. The molecule has 0 atom stereocenters. The molecule has 18 heavy (non-hydrogen) atoms. The van der Waals surface area contributed by atoms with E-state index in [1.807, 2.05) is 0 Å². The van der Waals surface area contributed by atoms with Crippen LogP contribution in [-0.4, -0.2) is 0 Å². The Kier molecular flexibility index (Phi) is 4.56. The lowest BCUT2D eigenvalue weighted by molar-refractivity contribution is 0.690. The fourth-order valence-corrected chi connectivity index (χ4v) is 2.21. The molecule has 0 saturated heterocycles. The molecular formula is C16H18BrN. The van der Waals surface area contributed by atoms with Gasteiger partial charge >= 0.3 is 0 Å². The molecule has 0 aliphatic carbocycles. The van der Waals surface area contributed by atoms with E-state index >= 15 is 0 Å². The first-order valence-electron chi connectivity index (χ1n) is 6.17. The Morgan fingerprint density at radius 3 is 2.44 bits per heavy atom. The first-order valence-corrected chi connectivity index (χ1v) is 6.96. The molecule has 0 aromatic heterocycles. The summed E-state index contributed by atoms with van der Waals surface area (Å²) >= 11 is 3.52. The Balaban J connectivity index is 1.92. The van der Waals surface area contributed by atoms with Gasteiger partial charge in [0.1, 0.15) is 0 Å². The van der Waals surface area contributed by atoms with Gasteiger partial charge in [-0.2, -0.15) is 0 Å². The molecule has 94 valence electrons. The highest BCUT2D eigenvalue weighted by Gasteiger charge is 1.99. The van der Waals surface area contributed by atoms with Crippen molar-refractivity contribution in [3.05, 3.63) is 69.2 Å². The number of hydrogen-bond donors (Lipinski definition) is 1. The number of halogens is 1. The van der Waals surface area contributed by atoms with Crippen LogP contribution in [0.3, 0.4) is 0 Å². The van der Waals surface area contributed by atoms with Crippen LogP contribution < -0.4 is 5.32 Å². The van der Waals surface area contributed by atoms with Crippen LogP contribution in [0.5, 0.6) is 0 Å². The fraction of sp³-hybridized carbons (Fsp3) is 0.250. The minimum atomic E-state index is 0.905. The molecule has 2 heteroatoms. The first-order chi connectivity index (χ1) is 8.66. The molecule has 0 spiro atoms. The molecule has 1 nitrogen and oxygen atoms in total. The van der Waals surface area contributed by atoms with E-state index in [0.29, 0.717) is 0 Å². The molecule has 1 N–H and O–H groups in total. The molecule has 0 saturated carbocycles. The molecule has 0 aliphatic heterocycles. The van der Waals surface area contributed by atoms with Gasteiger partial charge in [0.05, 0.1) is 0 Å². The van der Waals surface area contributed by atoms with Crippen molar-refractivity contribution in [2.45, 2.75) is 26.9 Å². The highest BCUT2D eigenvalue weighted by Crippen LogP contribution is 2.17. The van der Waals surface area contributed by atoms with Crippen LogP contribution in [0.1, 0.15) is 22.3 Å². The highest BCUT2D eigenvalue weighted by atomic mass is 79.9. The van der Waals surface area contributed by atoms with Gasteiger partial charge in [0, 0.05) is 17.6 Å². The standard InChI is InChI=1S/C16H18BrN/c1-12-5-3-4-6-15(12)11-18-10-14-7-8-16(17)13(2)9-14/h3-9,18H,10-11H2,1-2H3. The third kappa shape index (κ3) is 3.44. The van der Waals surface area contributed by atoms with Crippen molar-refractivity contribution in [1.29, 1.82) is 0 Å². The summed E-state index contributed by atoms with van der Waals surface area (Å²) in [5.41, 5.74) is 5.32. The van der Waals surface area contributed by atoms with Gasteiger partial charge in [-0.3, -0.25) is 0 Å². The van der Waals surface area contributed by atoms with Crippen LogP contribution in [0.2, 0.25) is 0 Å². The molecule has 0 fully saturated rings. The molecule has 0 heterocycles. The Labute approximate surface area is 117 Å². The summed E-state index contributed by atoms with van der Waals surface area (Å²) in [4.78, 5) is 0. The van der Waals surface area contributed by atoms with Crippen molar-refractivity contribution in [2.75, 3.05) is 0 Å². The van der Waals surface area contributed by atoms with Gasteiger partial charge in [0.15, 0.2) is 0 Å². The van der Waals surface area contributed by atoms with Crippen molar-refractivity contribution >= 4 is 15.9 Å². The average molecular weight is 304 g/mol. The van der Waals surface area contributed by atoms with E-state index in [1.54, 1.807) is 0 Å². The maximum absolute atomic E-state index is 3.52. The van der Waals surface area contributed by atoms with Gasteiger partial charge in [-0.05, 0) is 42.2 Å². The maximum atomic E-state index is 3.52. The minimum absolute atomic E-state index is 0.905. The average Bonchev–Trinajstić information content (AvgIpc) is 2.36. The predicted octanol–water partition coefficient (Wildman–Crippen LogP) is 4.36. The van der Waals surface area contributed by atoms with Crippen molar-refractivity contribution in [1.82, 2.24) is 5.32 Å². The van der Waals surface area contributed by atoms with E-state index in [1.165, 1.54) is 26.7 Å². The van der Waals surface area contributed by atoms with Gasteiger partial charge in [0.2, 0.25) is 0 Å². The monoisotopic (exact) mass is 303 g/mol. The van der Waals surface area contributed by atoms with E-state index in [2.05, 4.69) is 77.6 Å². The number of aryl methyl sites for hydroxylation is 2. The van der Waals surface area contributed by atoms with Gasteiger partial charge in [-0.15, -0.1) is 0 Å². The summed E-state index contributed by atoms with van der Waals surface area (Å²) in [5.74, 6) is 0. The molecule has 0 unspecified atom stereocenters. The largest absolute Gasteiger partial charge is 0.309 e. The third-order valence-electron chi connectivity index (χ3n) is 3.13. The molecule has 0 aliphatic rings. The van der Waals surface area contributed by atoms with Crippen molar-refractivity contribution in [2.24, 2.45) is 0 Å². The second kappa shape index (κ2) is 6.17. The van der Waals surface area contributed by atoms with E-state index < -0.39 is 0 Å². The number of nitrogens with one attached hydrogen (secondary N) is 1. The van der Waals surface area contributed by atoms with Crippen LogP contribution in [0.4, 0.5) is 0 Å². The molecule has 2 aromatic carbocycles. The van der Waals surface area contributed by atoms with Gasteiger partial charge in [0.25, 0.3) is 0 Å². The van der Waals surface area contributed by atoms with Crippen molar-refractivity contribution < 1.29 is 0 Å². The van der Waals surface area contributed by atoms with Gasteiger partial charge in [-0.1, -0.05) is 52.3 Å². The SMILES string of the molecule is Cc1cc(CNCc2ccccc2C)ccc1Br. The predicted molar refractivity (Wildman–Crippen MR) is 80.6 cm³/mol. The van der Waals surface area contributed by atoms with Crippen molar-refractivity contribution in [3.63, 3.8) is 0 Å². The van der Waals surface area contributed by atoms with Crippen LogP contribution in [0, 0.1) is 13.8 Å². The Bertz CT molecular complexity index is 534. The quantitative estimate of drug-likeness (QED) is 0.885. The Morgan fingerprint density at radius 2 is 1.72 bits per heavy atom. The second-order valence-electron chi connectivity index (χ2n) is 4.61. The van der Waals surface area contributed by atoms with Gasteiger partial charge < -0.3 is 5.32 Å². The fourth-order valence-electron chi connectivity index (χ4n) is 1.97. The topological polar surface area (TPSA) is 12.0 Å². The van der Waals surface area contributed by atoms with Crippen molar-refractivity contribution in [3.8, 4) is 0 Å². The second-order valence-corrected chi connectivity index (χ2v) is 5.47. The lowest BCUT2D eigenvalue weighted by Gasteiger charge is -2.08. The van der Waals surface area contributed by atoms with E-state index in [-0.39, 0.29) is 0 Å². The first kappa shape index (κ1) is 13.3. The van der Waals surface area contributed by atoms with E-state index in [4.69, 9.17) is 0 Å². The van der Waals surface area contributed by atoms with Gasteiger partial charge in [-0.25, -0.2) is 0 Å². The normalized spacial score (nSPS) is 10.6. The highest BCUT2D eigenvalue weighted by molar-refractivity contribution is 9.10. The summed E-state index contributed by atoms with van der Waals surface area (Å²) in [6.07, 6.45) is 0. The summed E-state index contributed by atoms with van der Waals surface area (Å²) in [7, 11) is 0. The maximum Gasteiger partial charge on any atom is 0.0211 e.